The Morgan fingerprint density at radius 1 is 0.243 bits per heavy atom. The van der Waals surface area contributed by atoms with Crippen LogP contribution < -0.4 is 0 Å². The van der Waals surface area contributed by atoms with E-state index in [2.05, 4.69) is 451 Å². The molecule has 0 aliphatic carbocycles. The van der Waals surface area contributed by atoms with Crippen molar-refractivity contribution in [1.82, 2.24) is 38.2 Å². The molecule has 0 atom stereocenters. The van der Waals surface area contributed by atoms with Gasteiger partial charge in [-0.1, -0.05) is 298 Å². The van der Waals surface area contributed by atoms with Gasteiger partial charge in [0, 0.05) is 111 Å². The van der Waals surface area contributed by atoms with E-state index >= 15 is 0 Å². The second-order valence-corrected chi connectivity index (χ2v) is 47.2. The molecule has 702 valence electrons. The van der Waals surface area contributed by atoms with E-state index in [1.165, 1.54) is 146 Å². The SMILES string of the molecule is CC(=O)CC(C)=O.CC(C)(C)c1ccc2c(c1)c1cc(C(C)(C)C)ccc1n2-c1c[c-]c2c(c1)c1cc(-n3c4ccc(C(C)(C)C)cc4c4cc(C(C)(C)C)ccc43)ccc1c1nc(-c3ccccc3)cnc21.CC(C)(C)c1ccc2c(c1)c1cc(C(C)(C)C)ccc1n2-c1c[c-]c2c(c1)c1cc(-n3c4ccc(C(C)(C)C)cc4c4cc(C(C)(C)C)ccc43)ccc1c1nc(-c3ccccc3)cnc21.[Ir+3]. The van der Waals surface area contributed by atoms with Crippen LogP contribution in [-0.2, 0) is 73.0 Å². The Labute approximate surface area is 836 Å². The van der Waals surface area contributed by atoms with Crippen molar-refractivity contribution in [2.45, 2.75) is 230 Å². The van der Waals surface area contributed by atoms with E-state index < -0.39 is 0 Å². The van der Waals surface area contributed by atoms with Crippen molar-refractivity contribution in [2.24, 2.45) is 0 Å². The minimum Gasteiger partial charge on any atom is -0.351 e. The minimum atomic E-state index is -0.0625. The van der Waals surface area contributed by atoms with Crippen molar-refractivity contribution in [3.63, 3.8) is 0 Å². The van der Waals surface area contributed by atoms with E-state index in [0.717, 1.165) is 110 Å². The normalized spacial score (nSPS) is 12.8. The third-order valence-electron chi connectivity index (χ3n) is 28.6. The zero-order chi connectivity index (χ0) is 98.3. The van der Waals surface area contributed by atoms with Crippen molar-refractivity contribution >= 4 is 164 Å². The van der Waals surface area contributed by atoms with Crippen molar-refractivity contribution in [2.75, 3.05) is 0 Å². The molecule has 0 aliphatic rings. The molecule has 0 amide bonds. The Bertz CT molecular complexity index is 8040. The van der Waals surface area contributed by atoms with Gasteiger partial charge in [0.15, 0.2) is 0 Å². The van der Waals surface area contributed by atoms with Crippen LogP contribution in [0.2, 0.25) is 0 Å². The Hall–Kier alpha value is -13.6. The first-order valence-corrected chi connectivity index (χ1v) is 49.2. The van der Waals surface area contributed by atoms with Gasteiger partial charge < -0.3 is 28.2 Å². The molecule has 0 fully saturated rings. The van der Waals surface area contributed by atoms with Crippen LogP contribution in [0.15, 0.2) is 279 Å². The Morgan fingerprint density at radius 3 is 0.679 bits per heavy atom. The summed E-state index contributed by atoms with van der Waals surface area (Å²) in [6.45, 7) is 58.0. The molecule has 0 saturated heterocycles. The Morgan fingerprint density at radius 2 is 0.464 bits per heavy atom. The molecular formula is C129H126IrN8O2+. The predicted octanol–water partition coefficient (Wildman–Crippen LogP) is 34.1. The monoisotopic (exact) mass is 2010 g/mol. The van der Waals surface area contributed by atoms with Gasteiger partial charge in [0.25, 0.3) is 0 Å². The molecule has 6 heterocycles. The van der Waals surface area contributed by atoms with Crippen LogP contribution in [0.5, 0.6) is 0 Å². The van der Waals surface area contributed by atoms with E-state index in [1.807, 2.05) is 24.5 Å². The maximum absolute atomic E-state index is 10.0. The standard InChI is InChI=1S/2C62H59N4.C5H8O2.Ir/c2*1-59(2,3)38-18-26-53-48(30-38)49-31-39(60(4,5)6)19-27-54(49)65(53)42-22-24-44-46(34-42)47-35-43(23-25-45(47)58-57(44)63-36-52(64-58)37-16-14-13-15-17-37)66-55-28-20-40(61(7,8)9)32-50(55)51-33-41(62(10,11)12)21-29-56(51)66;1-4(6)3-5(2)7;/h2*13-23,25-36H,1-12H3;3H2,1-2H3;/q2*-1;;+3. The number of rotatable bonds is 8. The number of carbonyl (C=O) groups excluding carboxylic acids is 2. The number of aromatic nitrogens is 8. The van der Waals surface area contributed by atoms with E-state index in [1.54, 1.807) is 0 Å². The van der Waals surface area contributed by atoms with Gasteiger partial charge >= 0.3 is 20.1 Å². The van der Waals surface area contributed by atoms with Crippen LogP contribution in [0.3, 0.4) is 0 Å². The van der Waals surface area contributed by atoms with Crippen LogP contribution in [0.4, 0.5) is 0 Å². The van der Waals surface area contributed by atoms with Crippen LogP contribution in [0.1, 0.15) is 231 Å². The molecule has 0 N–H and O–H groups in total. The van der Waals surface area contributed by atoms with E-state index in [-0.39, 0.29) is 81.4 Å². The number of ketones is 2. The van der Waals surface area contributed by atoms with Gasteiger partial charge in [0.1, 0.15) is 11.6 Å². The van der Waals surface area contributed by atoms with E-state index in [0.29, 0.717) is 0 Å². The summed E-state index contributed by atoms with van der Waals surface area (Å²) in [7, 11) is 0. The Kier molecular flexibility index (Phi) is 23.5. The summed E-state index contributed by atoms with van der Waals surface area (Å²) >= 11 is 0. The molecule has 22 aromatic rings. The molecule has 11 heteroatoms. The first kappa shape index (κ1) is 95.4. The number of nitrogens with zero attached hydrogens (tertiary/aromatic N) is 8. The van der Waals surface area contributed by atoms with Crippen LogP contribution >= 0.6 is 0 Å². The van der Waals surface area contributed by atoms with E-state index in [9.17, 15) is 9.59 Å². The van der Waals surface area contributed by atoms with Gasteiger partial charge in [0.2, 0.25) is 0 Å². The molecule has 16 aromatic carbocycles. The molecule has 0 saturated carbocycles. The average molecular weight is 2010 g/mol. The molecule has 10 nitrogen and oxygen atoms in total. The maximum atomic E-state index is 10.0. The second-order valence-electron chi connectivity index (χ2n) is 47.2. The molecule has 0 radical (unpaired) electrons. The van der Waals surface area contributed by atoms with Gasteiger partial charge in [-0.05, 0) is 256 Å². The van der Waals surface area contributed by atoms with Gasteiger partial charge in [-0.3, -0.25) is 19.6 Å². The summed E-state index contributed by atoms with van der Waals surface area (Å²) < 4.78 is 9.81. The average Bonchev–Trinajstić information content (AvgIpc) is 1.39. The number of benzene rings is 16. The maximum Gasteiger partial charge on any atom is 3.00 e. The summed E-state index contributed by atoms with van der Waals surface area (Å²) in [5.74, 6) is -0.125. The zero-order valence-electron chi connectivity index (χ0n) is 86.0. The largest absolute Gasteiger partial charge is 3.00 e. The van der Waals surface area contributed by atoms with Crippen molar-refractivity contribution in [3.8, 4) is 45.3 Å². The molecule has 0 aliphatic heterocycles. The van der Waals surface area contributed by atoms with Crippen molar-refractivity contribution in [1.29, 1.82) is 0 Å². The van der Waals surface area contributed by atoms with Gasteiger partial charge in [-0.2, -0.15) is 0 Å². The van der Waals surface area contributed by atoms with Gasteiger partial charge in [-0.25, -0.2) is 0 Å². The summed E-state index contributed by atoms with van der Waals surface area (Å²) in [5, 5.41) is 18.6. The van der Waals surface area contributed by atoms with Crippen molar-refractivity contribution in [3.05, 3.63) is 336 Å². The fraction of sp³-hybridized carbons (Fsp3) is 0.271. The van der Waals surface area contributed by atoms with Crippen LogP contribution in [-0.4, -0.2) is 49.8 Å². The molecule has 6 aromatic heterocycles. The molecule has 0 bridgehead atoms. The molecule has 140 heavy (non-hydrogen) atoms. The smallest absolute Gasteiger partial charge is 0.351 e. The van der Waals surface area contributed by atoms with Crippen LogP contribution in [0.25, 0.3) is 198 Å². The molecule has 22 rings (SSSR count). The fourth-order valence-corrected chi connectivity index (χ4v) is 20.6. The summed E-state index contributed by atoms with van der Waals surface area (Å²) in [6, 6.07) is 108. The summed E-state index contributed by atoms with van der Waals surface area (Å²) in [5.41, 5.74) is 31.9. The predicted molar refractivity (Wildman–Crippen MR) is 591 cm³/mol. The number of fused-ring (bicyclic) bond motifs is 24. The number of hydrogen-bond donors (Lipinski definition) is 0. The van der Waals surface area contributed by atoms with Crippen molar-refractivity contribution < 1.29 is 29.7 Å². The Balaban J connectivity index is 0.000000166. The first-order valence-electron chi connectivity index (χ1n) is 49.2. The summed E-state index contributed by atoms with van der Waals surface area (Å²) in [6.07, 6.45) is 3.92. The quantitative estimate of drug-likeness (QED) is 0.0852. The molecule has 0 unspecified atom stereocenters. The van der Waals surface area contributed by atoms with Gasteiger partial charge in [0.05, 0.1) is 50.9 Å². The number of hydrogen-bond acceptors (Lipinski definition) is 6. The fourth-order valence-electron chi connectivity index (χ4n) is 20.6. The van der Waals surface area contributed by atoms with Gasteiger partial charge in [-0.15, -0.1) is 47.2 Å². The minimum absolute atomic E-state index is 0. The number of carbonyl (C=O) groups is 2. The third-order valence-corrected chi connectivity index (χ3v) is 28.6. The summed E-state index contributed by atoms with van der Waals surface area (Å²) in [4.78, 5) is 41.3. The number of Topliss-reactive ketones (excluding diaryl/α,β-unsaturated/α-hetero) is 2. The first-order chi connectivity index (χ1) is 65.6. The molecule has 0 spiro atoms. The zero-order valence-corrected chi connectivity index (χ0v) is 88.4. The topological polar surface area (TPSA) is 105 Å². The third kappa shape index (κ3) is 17.2. The van der Waals surface area contributed by atoms with Crippen LogP contribution in [0, 0.1) is 12.1 Å². The van der Waals surface area contributed by atoms with E-state index in [4.69, 9.17) is 19.9 Å². The molecular weight excluding hydrogens is 1890 g/mol. The second kappa shape index (κ2) is 34.4.